The van der Waals surface area contributed by atoms with Gasteiger partial charge in [0.1, 0.15) is 0 Å². The Morgan fingerprint density at radius 2 is 1.81 bits per heavy atom. The van der Waals surface area contributed by atoms with Crippen LogP contribution in [0.2, 0.25) is 0 Å². The van der Waals surface area contributed by atoms with E-state index in [4.69, 9.17) is 5.73 Å². The summed E-state index contributed by atoms with van der Waals surface area (Å²) in [5, 5.41) is 3.32. The standard InChI is InChI=1S/C13H24N2O/c14-12(16)13(6-8-15-9-7-13)10-11-4-2-1-3-5-11/h11,15H,1-10H2,(H2,14,16). The van der Waals surface area contributed by atoms with Crippen LogP contribution in [0.4, 0.5) is 0 Å². The van der Waals surface area contributed by atoms with Crippen LogP contribution in [0.25, 0.3) is 0 Å². The molecule has 1 heterocycles. The molecule has 3 N–H and O–H groups in total. The van der Waals surface area contributed by atoms with E-state index >= 15 is 0 Å². The zero-order valence-corrected chi connectivity index (χ0v) is 10.1. The normalized spacial score (nSPS) is 26.5. The lowest BCUT2D eigenvalue weighted by Gasteiger charge is -2.38. The van der Waals surface area contributed by atoms with Gasteiger partial charge in [0.2, 0.25) is 5.91 Å². The highest BCUT2D eigenvalue weighted by molar-refractivity contribution is 5.81. The Morgan fingerprint density at radius 3 is 2.38 bits per heavy atom. The first-order valence-electron chi connectivity index (χ1n) is 6.74. The zero-order valence-electron chi connectivity index (χ0n) is 10.1. The molecule has 1 saturated heterocycles. The molecule has 2 aliphatic rings. The van der Waals surface area contributed by atoms with Gasteiger partial charge in [-0.25, -0.2) is 0 Å². The van der Waals surface area contributed by atoms with Crippen LogP contribution in [0.3, 0.4) is 0 Å². The number of hydrogen-bond donors (Lipinski definition) is 2. The first-order valence-corrected chi connectivity index (χ1v) is 6.74. The summed E-state index contributed by atoms with van der Waals surface area (Å²) in [7, 11) is 0. The molecule has 16 heavy (non-hydrogen) atoms. The van der Waals surface area contributed by atoms with E-state index in [2.05, 4.69) is 5.32 Å². The Hall–Kier alpha value is -0.570. The van der Waals surface area contributed by atoms with Crippen LogP contribution in [0.5, 0.6) is 0 Å². The third-order valence-electron chi connectivity index (χ3n) is 4.49. The van der Waals surface area contributed by atoms with Gasteiger partial charge >= 0.3 is 0 Å². The van der Waals surface area contributed by atoms with E-state index < -0.39 is 0 Å². The van der Waals surface area contributed by atoms with Crippen molar-refractivity contribution in [3.63, 3.8) is 0 Å². The highest BCUT2D eigenvalue weighted by Crippen LogP contribution is 2.40. The first-order chi connectivity index (χ1) is 7.73. The lowest BCUT2D eigenvalue weighted by molar-refractivity contribution is -0.130. The van der Waals surface area contributed by atoms with Crippen molar-refractivity contribution in [3.8, 4) is 0 Å². The highest BCUT2D eigenvalue weighted by Gasteiger charge is 2.39. The molecule has 0 unspecified atom stereocenters. The minimum Gasteiger partial charge on any atom is -0.369 e. The second-order valence-electron chi connectivity index (χ2n) is 5.60. The van der Waals surface area contributed by atoms with Crippen LogP contribution in [-0.2, 0) is 4.79 Å². The fourth-order valence-corrected chi connectivity index (χ4v) is 3.40. The maximum atomic E-state index is 11.7. The van der Waals surface area contributed by atoms with Gasteiger partial charge in [-0.1, -0.05) is 32.1 Å². The van der Waals surface area contributed by atoms with E-state index in [1.54, 1.807) is 0 Å². The average molecular weight is 224 g/mol. The van der Waals surface area contributed by atoms with Gasteiger partial charge < -0.3 is 11.1 Å². The van der Waals surface area contributed by atoms with E-state index in [0.717, 1.165) is 38.3 Å². The van der Waals surface area contributed by atoms with E-state index in [-0.39, 0.29) is 11.3 Å². The molecule has 0 aromatic carbocycles. The molecular formula is C13H24N2O. The average Bonchev–Trinajstić information content (AvgIpc) is 2.31. The molecule has 3 heteroatoms. The maximum absolute atomic E-state index is 11.7. The number of piperidine rings is 1. The third kappa shape index (κ3) is 2.57. The Kier molecular flexibility index (Phi) is 3.85. The molecule has 1 aliphatic heterocycles. The highest BCUT2D eigenvalue weighted by atomic mass is 16.1. The van der Waals surface area contributed by atoms with Crippen LogP contribution >= 0.6 is 0 Å². The first kappa shape index (κ1) is 11.9. The summed E-state index contributed by atoms with van der Waals surface area (Å²) in [6.07, 6.45) is 9.61. The molecule has 0 bridgehead atoms. The van der Waals surface area contributed by atoms with Crippen molar-refractivity contribution in [2.45, 2.75) is 51.4 Å². The summed E-state index contributed by atoms with van der Waals surface area (Å²) in [5.74, 6) is 0.693. The lowest BCUT2D eigenvalue weighted by Crippen LogP contribution is -2.46. The largest absolute Gasteiger partial charge is 0.369 e. The van der Waals surface area contributed by atoms with Gasteiger partial charge in [-0.3, -0.25) is 4.79 Å². The fraction of sp³-hybridized carbons (Fsp3) is 0.923. The topological polar surface area (TPSA) is 55.1 Å². The number of carbonyl (C=O) groups excluding carboxylic acids is 1. The predicted molar refractivity (Wildman–Crippen MR) is 64.9 cm³/mol. The molecule has 0 radical (unpaired) electrons. The van der Waals surface area contributed by atoms with Crippen LogP contribution in [0, 0.1) is 11.3 Å². The second kappa shape index (κ2) is 5.17. The van der Waals surface area contributed by atoms with E-state index in [0.29, 0.717) is 0 Å². The van der Waals surface area contributed by atoms with Crippen LogP contribution in [0.1, 0.15) is 51.4 Å². The van der Waals surface area contributed by atoms with E-state index in [1.165, 1.54) is 32.1 Å². The van der Waals surface area contributed by atoms with Crippen molar-refractivity contribution in [1.29, 1.82) is 0 Å². The Labute approximate surface area is 98.2 Å². The number of rotatable bonds is 3. The minimum atomic E-state index is -0.187. The number of amides is 1. The Bertz CT molecular complexity index is 240. The maximum Gasteiger partial charge on any atom is 0.223 e. The summed E-state index contributed by atoms with van der Waals surface area (Å²) in [6, 6.07) is 0. The molecule has 1 amide bonds. The molecule has 2 fully saturated rings. The van der Waals surface area contributed by atoms with Gasteiger partial charge in [0.05, 0.1) is 5.41 Å². The molecule has 1 aliphatic carbocycles. The number of nitrogens with two attached hydrogens (primary N) is 1. The van der Waals surface area contributed by atoms with Crippen molar-refractivity contribution in [2.24, 2.45) is 17.1 Å². The smallest absolute Gasteiger partial charge is 0.223 e. The van der Waals surface area contributed by atoms with Gasteiger partial charge in [0.15, 0.2) is 0 Å². The van der Waals surface area contributed by atoms with Crippen molar-refractivity contribution >= 4 is 5.91 Å². The monoisotopic (exact) mass is 224 g/mol. The summed E-state index contributed by atoms with van der Waals surface area (Å²) in [5.41, 5.74) is 5.47. The molecule has 0 spiro atoms. The number of nitrogens with one attached hydrogen (secondary N) is 1. The fourth-order valence-electron chi connectivity index (χ4n) is 3.40. The van der Waals surface area contributed by atoms with Gasteiger partial charge in [-0.2, -0.15) is 0 Å². The lowest BCUT2D eigenvalue weighted by atomic mass is 9.69. The van der Waals surface area contributed by atoms with Crippen molar-refractivity contribution in [2.75, 3.05) is 13.1 Å². The van der Waals surface area contributed by atoms with Crippen molar-refractivity contribution in [1.82, 2.24) is 5.32 Å². The summed E-state index contributed by atoms with van der Waals surface area (Å²) in [6.45, 7) is 1.91. The van der Waals surface area contributed by atoms with Crippen LogP contribution in [-0.4, -0.2) is 19.0 Å². The van der Waals surface area contributed by atoms with E-state index in [9.17, 15) is 4.79 Å². The third-order valence-corrected chi connectivity index (χ3v) is 4.49. The molecule has 92 valence electrons. The SMILES string of the molecule is NC(=O)C1(CC2CCCCC2)CCNCC1. The predicted octanol–water partition coefficient (Wildman–Crippen LogP) is 1.81. The van der Waals surface area contributed by atoms with Crippen LogP contribution in [0.15, 0.2) is 0 Å². The molecule has 1 saturated carbocycles. The molecule has 0 aromatic rings. The Balaban J connectivity index is 1.98. The molecule has 3 nitrogen and oxygen atoms in total. The zero-order chi connectivity index (χ0) is 11.4. The summed E-state index contributed by atoms with van der Waals surface area (Å²) < 4.78 is 0. The Morgan fingerprint density at radius 1 is 1.19 bits per heavy atom. The number of carbonyl (C=O) groups is 1. The minimum absolute atomic E-state index is 0.0560. The summed E-state index contributed by atoms with van der Waals surface area (Å²) in [4.78, 5) is 11.7. The molecule has 0 aromatic heterocycles. The van der Waals surface area contributed by atoms with Crippen molar-refractivity contribution < 1.29 is 4.79 Å². The second-order valence-corrected chi connectivity index (χ2v) is 5.60. The molecular weight excluding hydrogens is 200 g/mol. The number of primary amides is 1. The molecule has 0 atom stereocenters. The van der Waals surface area contributed by atoms with Crippen molar-refractivity contribution in [3.05, 3.63) is 0 Å². The van der Waals surface area contributed by atoms with Gasteiger partial charge in [0, 0.05) is 0 Å². The van der Waals surface area contributed by atoms with E-state index in [1.807, 2.05) is 0 Å². The van der Waals surface area contributed by atoms with Gasteiger partial charge in [-0.05, 0) is 38.3 Å². The van der Waals surface area contributed by atoms with Crippen LogP contribution < -0.4 is 11.1 Å². The van der Waals surface area contributed by atoms with Gasteiger partial charge in [-0.15, -0.1) is 0 Å². The van der Waals surface area contributed by atoms with Gasteiger partial charge in [0.25, 0.3) is 0 Å². The summed E-state index contributed by atoms with van der Waals surface area (Å²) >= 11 is 0. The molecule has 2 rings (SSSR count). The quantitative estimate of drug-likeness (QED) is 0.768. The number of hydrogen-bond acceptors (Lipinski definition) is 2.